The molecule has 7 nitrogen and oxygen atoms in total. The Balaban J connectivity index is 1.60. The molecule has 1 heterocycles. The molecule has 134 valence electrons. The number of carbonyl (C=O) groups is 1. The maximum atomic E-state index is 11.8. The maximum absolute atomic E-state index is 11.8. The summed E-state index contributed by atoms with van der Waals surface area (Å²) < 4.78 is 16.0. The normalized spacial score (nSPS) is 10.4. The standard InChI is InChI=1S/C18H16ClN3O4/c1-2-24-17(23)12-4-3-5-14(10-12)20-18-22-21-16(26-18)11-25-15-8-6-13(19)7-9-15/h3-10H,2,11H2,1H3,(H,20,22). The van der Waals surface area contributed by atoms with Crippen LogP contribution in [0.4, 0.5) is 11.7 Å². The summed E-state index contributed by atoms with van der Waals surface area (Å²) in [6.07, 6.45) is 0. The van der Waals surface area contributed by atoms with Gasteiger partial charge in [0.15, 0.2) is 6.61 Å². The second-order valence-corrected chi connectivity index (χ2v) is 5.61. The Bertz CT molecular complexity index is 880. The fraction of sp³-hybridized carbons (Fsp3) is 0.167. The lowest BCUT2D eigenvalue weighted by Crippen LogP contribution is -2.04. The van der Waals surface area contributed by atoms with Gasteiger partial charge in [-0.2, -0.15) is 0 Å². The number of carbonyl (C=O) groups excluding carboxylic acids is 1. The first kappa shape index (κ1) is 17.8. The van der Waals surface area contributed by atoms with Gasteiger partial charge in [0.05, 0.1) is 12.2 Å². The van der Waals surface area contributed by atoms with E-state index in [4.69, 9.17) is 25.5 Å². The van der Waals surface area contributed by atoms with Gasteiger partial charge in [0.2, 0.25) is 0 Å². The predicted molar refractivity (Wildman–Crippen MR) is 95.8 cm³/mol. The third-order valence-corrected chi connectivity index (χ3v) is 3.52. The van der Waals surface area contributed by atoms with Gasteiger partial charge in [-0.3, -0.25) is 0 Å². The van der Waals surface area contributed by atoms with Gasteiger partial charge >= 0.3 is 12.0 Å². The molecule has 0 aliphatic carbocycles. The Morgan fingerprint density at radius 2 is 2.00 bits per heavy atom. The van der Waals surface area contributed by atoms with Crippen molar-refractivity contribution in [3.05, 3.63) is 65.0 Å². The minimum absolute atomic E-state index is 0.124. The van der Waals surface area contributed by atoms with Crippen molar-refractivity contribution in [3.63, 3.8) is 0 Å². The van der Waals surface area contributed by atoms with E-state index in [1.165, 1.54) is 0 Å². The highest BCUT2D eigenvalue weighted by atomic mass is 35.5. The topological polar surface area (TPSA) is 86.5 Å². The fourth-order valence-corrected chi connectivity index (χ4v) is 2.23. The average Bonchev–Trinajstić information content (AvgIpc) is 3.09. The summed E-state index contributed by atoms with van der Waals surface area (Å²) in [7, 11) is 0. The van der Waals surface area contributed by atoms with Crippen molar-refractivity contribution in [1.29, 1.82) is 0 Å². The molecule has 0 spiro atoms. The highest BCUT2D eigenvalue weighted by Gasteiger charge is 2.10. The fourth-order valence-electron chi connectivity index (χ4n) is 2.10. The zero-order chi connectivity index (χ0) is 18.4. The third-order valence-electron chi connectivity index (χ3n) is 3.27. The summed E-state index contributed by atoms with van der Waals surface area (Å²) in [6, 6.07) is 14.0. The highest BCUT2D eigenvalue weighted by molar-refractivity contribution is 6.30. The van der Waals surface area contributed by atoms with Crippen LogP contribution in [0.1, 0.15) is 23.2 Å². The number of hydrogen-bond acceptors (Lipinski definition) is 7. The number of halogens is 1. The predicted octanol–water partition coefficient (Wildman–Crippen LogP) is 4.22. The molecular formula is C18H16ClN3O4. The number of benzene rings is 2. The molecule has 1 N–H and O–H groups in total. The Hall–Kier alpha value is -3.06. The van der Waals surface area contributed by atoms with E-state index >= 15 is 0 Å². The van der Waals surface area contributed by atoms with Crippen LogP contribution >= 0.6 is 11.6 Å². The van der Waals surface area contributed by atoms with Crippen LogP contribution in [0.15, 0.2) is 52.9 Å². The monoisotopic (exact) mass is 373 g/mol. The largest absolute Gasteiger partial charge is 0.484 e. The number of hydrogen-bond donors (Lipinski definition) is 1. The molecule has 8 heteroatoms. The first-order valence-electron chi connectivity index (χ1n) is 7.89. The quantitative estimate of drug-likeness (QED) is 0.620. The van der Waals surface area contributed by atoms with Crippen molar-refractivity contribution >= 4 is 29.3 Å². The van der Waals surface area contributed by atoms with E-state index in [0.29, 0.717) is 34.5 Å². The summed E-state index contributed by atoms with van der Waals surface area (Å²) in [4.78, 5) is 11.8. The molecule has 2 aromatic carbocycles. The Labute approximate surface area is 154 Å². The van der Waals surface area contributed by atoms with E-state index in [-0.39, 0.29) is 12.6 Å². The van der Waals surface area contributed by atoms with Crippen LogP contribution in [-0.4, -0.2) is 22.8 Å². The highest BCUT2D eigenvalue weighted by Crippen LogP contribution is 2.19. The smallest absolute Gasteiger partial charge is 0.338 e. The van der Waals surface area contributed by atoms with Crippen LogP contribution in [0.2, 0.25) is 5.02 Å². The molecule has 26 heavy (non-hydrogen) atoms. The van der Waals surface area contributed by atoms with Crippen LogP contribution in [-0.2, 0) is 11.3 Å². The average molecular weight is 374 g/mol. The minimum atomic E-state index is -0.390. The molecule has 0 aliphatic rings. The molecule has 0 radical (unpaired) electrons. The lowest BCUT2D eigenvalue weighted by atomic mass is 10.2. The van der Waals surface area contributed by atoms with E-state index in [0.717, 1.165) is 0 Å². The summed E-state index contributed by atoms with van der Waals surface area (Å²) in [5.74, 6) is 0.562. The second-order valence-electron chi connectivity index (χ2n) is 5.17. The van der Waals surface area contributed by atoms with Crippen LogP contribution < -0.4 is 10.1 Å². The number of aromatic nitrogens is 2. The van der Waals surface area contributed by atoms with Crippen LogP contribution in [0.3, 0.4) is 0 Å². The number of nitrogens with one attached hydrogen (secondary N) is 1. The maximum Gasteiger partial charge on any atom is 0.338 e. The van der Waals surface area contributed by atoms with Gasteiger partial charge in [0.25, 0.3) is 5.89 Å². The summed E-state index contributed by atoms with van der Waals surface area (Å²) in [6.45, 7) is 2.20. The Kier molecular flexibility index (Phi) is 5.70. The number of anilines is 2. The van der Waals surface area contributed by atoms with Crippen molar-refractivity contribution < 1.29 is 18.7 Å². The molecular weight excluding hydrogens is 358 g/mol. The van der Waals surface area contributed by atoms with Gasteiger partial charge in [-0.15, -0.1) is 5.10 Å². The lowest BCUT2D eigenvalue weighted by molar-refractivity contribution is 0.0526. The Morgan fingerprint density at radius 3 is 2.77 bits per heavy atom. The molecule has 0 atom stereocenters. The summed E-state index contributed by atoms with van der Waals surface area (Å²) in [5, 5.41) is 11.4. The van der Waals surface area contributed by atoms with Gasteiger partial charge in [0, 0.05) is 10.7 Å². The summed E-state index contributed by atoms with van der Waals surface area (Å²) in [5.41, 5.74) is 1.06. The van der Waals surface area contributed by atoms with E-state index in [1.807, 2.05) is 0 Å². The van der Waals surface area contributed by atoms with Crippen LogP contribution in [0.25, 0.3) is 0 Å². The van der Waals surface area contributed by atoms with Gasteiger partial charge in [-0.1, -0.05) is 22.8 Å². The third kappa shape index (κ3) is 4.73. The first-order chi connectivity index (χ1) is 12.6. The molecule has 0 amide bonds. The van der Waals surface area contributed by atoms with Crippen LogP contribution in [0.5, 0.6) is 5.75 Å². The summed E-state index contributed by atoms with van der Waals surface area (Å²) >= 11 is 5.82. The zero-order valence-electron chi connectivity index (χ0n) is 13.9. The molecule has 0 unspecified atom stereocenters. The lowest BCUT2D eigenvalue weighted by Gasteiger charge is -2.05. The van der Waals surface area contributed by atoms with Crippen LogP contribution in [0, 0.1) is 0 Å². The molecule has 1 aromatic heterocycles. The molecule has 0 bridgehead atoms. The van der Waals surface area contributed by atoms with Crippen molar-refractivity contribution in [2.75, 3.05) is 11.9 Å². The SMILES string of the molecule is CCOC(=O)c1cccc(Nc2nnc(COc3ccc(Cl)cc3)o2)c1. The van der Waals surface area contributed by atoms with Gasteiger partial charge in [-0.05, 0) is 49.4 Å². The van der Waals surface area contributed by atoms with Crippen molar-refractivity contribution in [3.8, 4) is 5.75 Å². The van der Waals surface area contributed by atoms with Crippen molar-refractivity contribution in [1.82, 2.24) is 10.2 Å². The molecule has 3 rings (SSSR count). The molecule has 0 aliphatic heterocycles. The van der Waals surface area contributed by atoms with Gasteiger partial charge in [-0.25, -0.2) is 4.79 Å². The molecule has 0 fully saturated rings. The van der Waals surface area contributed by atoms with E-state index in [9.17, 15) is 4.79 Å². The van der Waals surface area contributed by atoms with E-state index in [1.54, 1.807) is 55.5 Å². The van der Waals surface area contributed by atoms with E-state index < -0.39 is 5.97 Å². The zero-order valence-corrected chi connectivity index (χ0v) is 14.7. The number of nitrogens with zero attached hydrogens (tertiary/aromatic N) is 2. The van der Waals surface area contributed by atoms with Gasteiger partial charge in [0.1, 0.15) is 5.75 Å². The minimum Gasteiger partial charge on any atom is -0.484 e. The van der Waals surface area contributed by atoms with Gasteiger partial charge < -0.3 is 19.2 Å². The first-order valence-corrected chi connectivity index (χ1v) is 8.27. The van der Waals surface area contributed by atoms with Crippen molar-refractivity contribution in [2.45, 2.75) is 13.5 Å². The van der Waals surface area contributed by atoms with E-state index in [2.05, 4.69) is 15.5 Å². The Morgan fingerprint density at radius 1 is 1.19 bits per heavy atom. The molecule has 0 saturated heterocycles. The van der Waals surface area contributed by atoms with Crippen molar-refractivity contribution in [2.24, 2.45) is 0 Å². The molecule has 0 saturated carbocycles. The number of esters is 1. The molecule has 3 aromatic rings. The number of ether oxygens (including phenoxy) is 2. The number of rotatable bonds is 7. The second kappa shape index (κ2) is 8.35.